The highest BCUT2D eigenvalue weighted by atomic mass is 32.1. The highest BCUT2D eigenvalue weighted by Gasteiger charge is 2.48. The van der Waals surface area contributed by atoms with Gasteiger partial charge < -0.3 is 10.4 Å². The summed E-state index contributed by atoms with van der Waals surface area (Å²) >= 11 is 1.44. The Morgan fingerprint density at radius 1 is 1.50 bits per heavy atom. The SMILES string of the molecule is CCCc1cc(C(=O)NC(C)(C(=O)O)C2CC2)sc1C. The lowest BCUT2D eigenvalue weighted by atomic mass is 9.96. The molecule has 2 rings (SSSR count). The van der Waals surface area contributed by atoms with Crippen LogP contribution < -0.4 is 5.32 Å². The van der Waals surface area contributed by atoms with E-state index in [4.69, 9.17) is 0 Å². The van der Waals surface area contributed by atoms with Gasteiger partial charge in [-0.2, -0.15) is 0 Å². The summed E-state index contributed by atoms with van der Waals surface area (Å²) in [5, 5.41) is 12.1. The highest BCUT2D eigenvalue weighted by Crippen LogP contribution is 2.40. The summed E-state index contributed by atoms with van der Waals surface area (Å²) in [5.41, 5.74) is 0.0472. The summed E-state index contributed by atoms with van der Waals surface area (Å²) in [4.78, 5) is 25.5. The van der Waals surface area contributed by atoms with Crippen LogP contribution in [0, 0.1) is 12.8 Å². The van der Waals surface area contributed by atoms with Crippen LogP contribution in [0.3, 0.4) is 0 Å². The van der Waals surface area contributed by atoms with E-state index in [1.165, 1.54) is 16.9 Å². The molecule has 0 aliphatic heterocycles. The van der Waals surface area contributed by atoms with Crippen LogP contribution in [0.15, 0.2) is 6.07 Å². The number of carboxylic acids is 1. The molecule has 5 heteroatoms. The molecular weight excluding hydrogens is 274 g/mol. The van der Waals surface area contributed by atoms with Crippen LogP contribution in [0.1, 0.15) is 53.2 Å². The normalized spacial score (nSPS) is 17.6. The zero-order valence-electron chi connectivity index (χ0n) is 12.2. The third kappa shape index (κ3) is 2.87. The first-order valence-electron chi connectivity index (χ1n) is 7.03. The number of hydrogen-bond donors (Lipinski definition) is 2. The predicted octanol–water partition coefficient (Wildman–Crippen LogP) is 2.99. The van der Waals surface area contributed by atoms with E-state index in [-0.39, 0.29) is 11.8 Å². The van der Waals surface area contributed by atoms with Gasteiger partial charge in [-0.3, -0.25) is 4.79 Å². The van der Waals surface area contributed by atoms with Gasteiger partial charge in [-0.15, -0.1) is 11.3 Å². The minimum Gasteiger partial charge on any atom is -0.480 e. The van der Waals surface area contributed by atoms with Crippen molar-refractivity contribution in [1.29, 1.82) is 0 Å². The Labute approximate surface area is 123 Å². The molecule has 1 aliphatic carbocycles. The van der Waals surface area contributed by atoms with E-state index in [0.717, 1.165) is 30.6 Å². The molecule has 1 heterocycles. The van der Waals surface area contributed by atoms with Gasteiger partial charge in [-0.05, 0) is 50.7 Å². The number of aryl methyl sites for hydroxylation is 2. The van der Waals surface area contributed by atoms with Crippen molar-refractivity contribution >= 4 is 23.2 Å². The first-order chi connectivity index (χ1) is 9.38. The van der Waals surface area contributed by atoms with Gasteiger partial charge in [0.15, 0.2) is 0 Å². The number of carbonyl (C=O) groups excluding carboxylic acids is 1. The fraction of sp³-hybridized carbons (Fsp3) is 0.600. The first-order valence-corrected chi connectivity index (χ1v) is 7.85. The fourth-order valence-corrected chi connectivity index (χ4v) is 3.40. The molecule has 0 saturated heterocycles. The molecule has 1 aromatic heterocycles. The van der Waals surface area contributed by atoms with Crippen molar-refractivity contribution in [1.82, 2.24) is 5.32 Å². The molecule has 1 unspecified atom stereocenters. The minimum absolute atomic E-state index is 0.0557. The van der Waals surface area contributed by atoms with Crippen molar-refractivity contribution in [3.63, 3.8) is 0 Å². The van der Waals surface area contributed by atoms with Crippen molar-refractivity contribution in [2.75, 3.05) is 0 Å². The monoisotopic (exact) mass is 295 g/mol. The summed E-state index contributed by atoms with van der Waals surface area (Å²) in [7, 11) is 0. The van der Waals surface area contributed by atoms with Crippen LogP contribution in [0.5, 0.6) is 0 Å². The van der Waals surface area contributed by atoms with Gasteiger partial charge in [0, 0.05) is 4.88 Å². The average Bonchev–Trinajstić information content (AvgIpc) is 3.16. The molecule has 1 amide bonds. The molecular formula is C15H21NO3S. The molecule has 0 radical (unpaired) electrons. The number of nitrogens with one attached hydrogen (secondary N) is 1. The average molecular weight is 295 g/mol. The Morgan fingerprint density at radius 2 is 2.15 bits per heavy atom. The Kier molecular flexibility index (Phi) is 4.18. The van der Waals surface area contributed by atoms with Gasteiger partial charge in [0.25, 0.3) is 5.91 Å². The maximum absolute atomic E-state index is 12.3. The smallest absolute Gasteiger partial charge is 0.329 e. The second kappa shape index (κ2) is 5.56. The Balaban J connectivity index is 2.15. The van der Waals surface area contributed by atoms with Crippen molar-refractivity contribution in [2.24, 2.45) is 5.92 Å². The summed E-state index contributed by atoms with van der Waals surface area (Å²) in [6, 6.07) is 1.90. The summed E-state index contributed by atoms with van der Waals surface area (Å²) in [6.07, 6.45) is 3.73. The van der Waals surface area contributed by atoms with E-state index in [2.05, 4.69) is 12.2 Å². The van der Waals surface area contributed by atoms with Crippen LogP contribution in [0.4, 0.5) is 0 Å². The van der Waals surface area contributed by atoms with Crippen molar-refractivity contribution < 1.29 is 14.7 Å². The Morgan fingerprint density at radius 3 is 2.65 bits per heavy atom. The maximum Gasteiger partial charge on any atom is 0.329 e. The molecule has 1 aliphatic rings. The molecule has 0 spiro atoms. The van der Waals surface area contributed by atoms with E-state index in [9.17, 15) is 14.7 Å². The number of aliphatic carboxylic acids is 1. The lowest BCUT2D eigenvalue weighted by molar-refractivity contribution is -0.144. The maximum atomic E-state index is 12.3. The third-order valence-corrected chi connectivity index (χ3v) is 5.07. The lowest BCUT2D eigenvalue weighted by Gasteiger charge is -2.25. The van der Waals surface area contributed by atoms with Gasteiger partial charge >= 0.3 is 5.97 Å². The molecule has 0 aromatic carbocycles. The molecule has 1 aromatic rings. The number of thiophene rings is 1. The molecule has 1 fully saturated rings. The zero-order chi connectivity index (χ0) is 14.9. The predicted molar refractivity (Wildman–Crippen MR) is 79.3 cm³/mol. The van der Waals surface area contributed by atoms with Gasteiger partial charge in [-0.1, -0.05) is 13.3 Å². The number of rotatable bonds is 6. The lowest BCUT2D eigenvalue weighted by Crippen LogP contribution is -2.53. The van der Waals surface area contributed by atoms with E-state index in [0.29, 0.717) is 4.88 Å². The second-order valence-corrected chi connectivity index (χ2v) is 6.93. The molecule has 4 nitrogen and oxygen atoms in total. The van der Waals surface area contributed by atoms with E-state index in [1.54, 1.807) is 6.92 Å². The number of carbonyl (C=O) groups is 2. The highest BCUT2D eigenvalue weighted by molar-refractivity contribution is 7.14. The largest absolute Gasteiger partial charge is 0.480 e. The Hall–Kier alpha value is -1.36. The van der Waals surface area contributed by atoms with E-state index >= 15 is 0 Å². The topological polar surface area (TPSA) is 66.4 Å². The summed E-state index contributed by atoms with van der Waals surface area (Å²) in [5.74, 6) is -1.16. The number of amides is 1. The molecule has 1 atom stereocenters. The van der Waals surface area contributed by atoms with Crippen molar-refractivity contribution in [3.05, 3.63) is 21.4 Å². The molecule has 0 bridgehead atoms. The third-order valence-electron chi connectivity index (χ3n) is 3.98. The fourth-order valence-electron chi connectivity index (χ4n) is 2.44. The van der Waals surface area contributed by atoms with Crippen LogP contribution in [-0.4, -0.2) is 22.5 Å². The van der Waals surface area contributed by atoms with Gasteiger partial charge in [0.05, 0.1) is 4.88 Å². The van der Waals surface area contributed by atoms with Crippen LogP contribution >= 0.6 is 11.3 Å². The van der Waals surface area contributed by atoms with Gasteiger partial charge in [-0.25, -0.2) is 4.79 Å². The van der Waals surface area contributed by atoms with E-state index in [1.807, 2.05) is 13.0 Å². The van der Waals surface area contributed by atoms with Gasteiger partial charge in [0.1, 0.15) is 5.54 Å². The molecule has 2 N–H and O–H groups in total. The van der Waals surface area contributed by atoms with Crippen LogP contribution in [0.25, 0.3) is 0 Å². The van der Waals surface area contributed by atoms with Crippen LogP contribution in [0.2, 0.25) is 0 Å². The molecule has 20 heavy (non-hydrogen) atoms. The van der Waals surface area contributed by atoms with Crippen molar-refractivity contribution in [2.45, 2.75) is 52.0 Å². The standard InChI is InChI=1S/C15H21NO3S/c1-4-5-10-8-12(20-9(10)2)13(17)16-15(3,14(18)19)11-6-7-11/h8,11H,4-7H2,1-3H3,(H,16,17)(H,18,19). The second-order valence-electron chi connectivity index (χ2n) is 5.68. The number of hydrogen-bond acceptors (Lipinski definition) is 3. The van der Waals surface area contributed by atoms with Crippen molar-refractivity contribution in [3.8, 4) is 0 Å². The minimum atomic E-state index is -1.14. The van der Waals surface area contributed by atoms with E-state index < -0.39 is 11.5 Å². The zero-order valence-corrected chi connectivity index (χ0v) is 13.0. The molecule has 110 valence electrons. The summed E-state index contributed by atoms with van der Waals surface area (Å²) < 4.78 is 0. The quantitative estimate of drug-likeness (QED) is 0.848. The molecule has 1 saturated carbocycles. The van der Waals surface area contributed by atoms with Crippen LogP contribution in [-0.2, 0) is 11.2 Å². The Bertz CT molecular complexity index is 533. The summed E-state index contributed by atoms with van der Waals surface area (Å²) in [6.45, 7) is 5.72. The first kappa shape index (κ1) is 15.0. The van der Waals surface area contributed by atoms with Gasteiger partial charge in [0.2, 0.25) is 0 Å². The number of carboxylic acid groups (broad SMARTS) is 1.